The lowest BCUT2D eigenvalue weighted by Gasteiger charge is -2.20. The van der Waals surface area contributed by atoms with Crippen molar-refractivity contribution in [3.8, 4) is 5.75 Å². The van der Waals surface area contributed by atoms with Gasteiger partial charge in [0, 0.05) is 0 Å². The van der Waals surface area contributed by atoms with Crippen LogP contribution in [0.4, 0.5) is 0 Å². The molecule has 3 unspecified atom stereocenters. The molecule has 0 saturated carbocycles. The highest BCUT2D eigenvalue weighted by Crippen LogP contribution is 2.33. The number of benzene rings is 1. The van der Waals surface area contributed by atoms with Crippen molar-refractivity contribution in [2.45, 2.75) is 51.9 Å². The van der Waals surface area contributed by atoms with Gasteiger partial charge in [0.1, 0.15) is 11.9 Å². The van der Waals surface area contributed by atoms with Crippen LogP contribution in [0.2, 0.25) is 0 Å². The molecule has 3 nitrogen and oxygen atoms in total. The minimum Gasteiger partial charge on any atom is -0.496 e. The van der Waals surface area contributed by atoms with Crippen LogP contribution < -0.4 is 4.74 Å². The highest BCUT2D eigenvalue weighted by atomic mass is 16.5. The van der Waals surface area contributed by atoms with Gasteiger partial charge in [-0.15, -0.1) is 0 Å². The molecular formula is C15H22O3. The fourth-order valence-corrected chi connectivity index (χ4v) is 2.76. The topological polar surface area (TPSA) is 38.7 Å². The number of aliphatic hydroxyl groups excluding tert-OH is 1. The van der Waals surface area contributed by atoms with Gasteiger partial charge in [0.2, 0.25) is 0 Å². The van der Waals surface area contributed by atoms with E-state index in [4.69, 9.17) is 9.47 Å². The van der Waals surface area contributed by atoms with Crippen LogP contribution >= 0.6 is 0 Å². The lowest BCUT2D eigenvalue weighted by Crippen LogP contribution is -2.19. The first-order valence-corrected chi connectivity index (χ1v) is 6.51. The van der Waals surface area contributed by atoms with Crippen molar-refractivity contribution < 1.29 is 14.6 Å². The largest absolute Gasteiger partial charge is 0.496 e. The molecule has 1 N–H and O–H groups in total. The molecule has 0 radical (unpaired) electrons. The number of aliphatic hydroxyl groups is 1. The molecule has 2 rings (SSSR count). The molecule has 3 atom stereocenters. The van der Waals surface area contributed by atoms with Gasteiger partial charge >= 0.3 is 0 Å². The van der Waals surface area contributed by atoms with E-state index in [2.05, 4.69) is 6.92 Å². The van der Waals surface area contributed by atoms with Gasteiger partial charge in [-0.25, -0.2) is 0 Å². The fourth-order valence-electron chi connectivity index (χ4n) is 2.76. The molecule has 1 fully saturated rings. The van der Waals surface area contributed by atoms with Gasteiger partial charge in [-0.05, 0) is 62.4 Å². The average molecular weight is 250 g/mol. The Labute approximate surface area is 109 Å². The fraction of sp³-hybridized carbons (Fsp3) is 0.600. The number of hydrogen-bond donors (Lipinski definition) is 1. The van der Waals surface area contributed by atoms with E-state index in [0.717, 1.165) is 35.3 Å². The normalized spacial score (nSPS) is 25.2. The number of methoxy groups -OCH3 is 1. The summed E-state index contributed by atoms with van der Waals surface area (Å²) in [6.45, 7) is 6.05. The van der Waals surface area contributed by atoms with Crippen LogP contribution in [0.1, 0.15) is 42.6 Å². The standard InChI is InChI=1S/C15H22O3/c1-9-7-12(8-10(2)15(9)17-4)14(16)13-6-5-11(3)18-13/h7-8,11,13-14,16H,5-6H2,1-4H3. The molecule has 1 aliphatic rings. The Morgan fingerprint density at radius 2 is 1.89 bits per heavy atom. The summed E-state index contributed by atoms with van der Waals surface area (Å²) in [5.41, 5.74) is 3.03. The van der Waals surface area contributed by atoms with E-state index in [9.17, 15) is 5.11 Å². The van der Waals surface area contributed by atoms with Crippen LogP contribution in [0.3, 0.4) is 0 Å². The SMILES string of the molecule is COc1c(C)cc(C(O)C2CCC(C)O2)cc1C. The van der Waals surface area contributed by atoms with E-state index in [-0.39, 0.29) is 12.2 Å². The molecule has 0 spiro atoms. The van der Waals surface area contributed by atoms with Gasteiger partial charge < -0.3 is 14.6 Å². The van der Waals surface area contributed by atoms with Gasteiger partial charge in [0.25, 0.3) is 0 Å². The Morgan fingerprint density at radius 3 is 2.33 bits per heavy atom. The van der Waals surface area contributed by atoms with Gasteiger partial charge in [-0.2, -0.15) is 0 Å². The second kappa shape index (κ2) is 5.29. The maximum Gasteiger partial charge on any atom is 0.124 e. The van der Waals surface area contributed by atoms with Crippen molar-refractivity contribution >= 4 is 0 Å². The number of hydrogen-bond acceptors (Lipinski definition) is 3. The van der Waals surface area contributed by atoms with Crippen molar-refractivity contribution in [2.75, 3.05) is 7.11 Å². The second-order valence-corrected chi connectivity index (χ2v) is 5.20. The van der Waals surface area contributed by atoms with E-state index in [1.807, 2.05) is 26.0 Å². The van der Waals surface area contributed by atoms with Crippen LogP contribution in [0.25, 0.3) is 0 Å². The predicted octanol–water partition coefficient (Wildman–Crippen LogP) is 2.91. The molecule has 3 heteroatoms. The molecule has 1 aromatic carbocycles. The zero-order chi connectivity index (χ0) is 13.3. The lowest BCUT2D eigenvalue weighted by molar-refractivity contribution is -0.0298. The van der Waals surface area contributed by atoms with Crippen molar-refractivity contribution in [2.24, 2.45) is 0 Å². The zero-order valence-corrected chi connectivity index (χ0v) is 11.6. The van der Waals surface area contributed by atoms with Crippen molar-refractivity contribution in [3.05, 3.63) is 28.8 Å². The molecule has 100 valence electrons. The summed E-state index contributed by atoms with van der Waals surface area (Å²) in [4.78, 5) is 0. The summed E-state index contributed by atoms with van der Waals surface area (Å²) in [6, 6.07) is 3.98. The summed E-state index contributed by atoms with van der Waals surface area (Å²) in [5.74, 6) is 0.895. The molecule has 0 aromatic heterocycles. The van der Waals surface area contributed by atoms with Gasteiger partial charge in [0.05, 0.1) is 19.3 Å². The molecule has 0 bridgehead atoms. The van der Waals surface area contributed by atoms with Gasteiger partial charge in [-0.3, -0.25) is 0 Å². The Balaban J connectivity index is 2.23. The monoisotopic (exact) mass is 250 g/mol. The first-order chi connectivity index (χ1) is 8.52. The van der Waals surface area contributed by atoms with E-state index in [0.29, 0.717) is 0 Å². The van der Waals surface area contributed by atoms with E-state index >= 15 is 0 Å². The van der Waals surface area contributed by atoms with E-state index in [1.165, 1.54) is 0 Å². The van der Waals surface area contributed by atoms with Crippen LogP contribution in [-0.4, -0.2) is 24.4 Å². The summed E-state index contributed by atoms with van der Waals surface area (Å²) in [5, 5.41) is 10.4. The van der Waals surface area contributed by atoms with Crippen LogP contribution in [0, 0.1) is 13.8 Å². The van der Waals surface area contributed by atoms with Crippen LogP contribution in [0.5, 0.6) is 5.75 Å². The minimum atomic E-state index is -0.543. The second-order valence-electron chi connectivity index (χ2n) is 5.20. The van der Waals surface area contributed by atoms with E-state index in [1.54, 1.807) is 7.11 Å². The van der Waals surface area contributed by atoms with Crippen molar-refractivity contribution in [1.82, 2.24) is 0 Å². The van der Waals surface area contributed by atoms with Gasteiger partial charge in [0.15, 0.2) is 0 Å². The first-order valence-electron chi connectivity index (χ1n) is 6.51. The van der Waals surface area contributed by atoms with Crippen LogP contribution in [-0.2, 0) is 4.74 Å². The summed E-state index contributed by atoms with van der Waals surface area (Å²) < 4.78 is 11.1. The van der Waals surface area contributed by atoms with Crippen molar-refractivity contribution in [3.63, 3.8) is 0 Å². The maximum absolute atomic E-state index is 10.4. The molecular weight excluding hydrogens is 228 g/mol. The number of ether oxygens (including phenoxy) is 2. The number of rotatable bonds is 3. The number of aryl methyl sites for hydroxylation is 2. The highest BCUT2D eigenvalue weighted by Gasteiger charge is 2.29. The third-order valence-corrected chi connectivity index (χ3v) is 3.65. The summed E-state index contributed by atoms with van der Waals surface area (Å²) in [6.07, 6.45) is 1.58. The molecule has 1 aromatic rings. The average Bonchev–Trinajstić information content (AvgIpc) is 2.74. The summed E-state index contributed by atoms with van der Waals surface area (Å²) >= 11 is 0. The maximum atomic E-state index is 10.4. The highest BCUT2D eigenvalue weighted by molar-refractivity contribution is 5.44. The molecule has 1 aliphatic heterocycles. The molecule has 18 heavy (non-hydrogen) atoms. The molecule has 1 saturated heterocycles. The minimum absolute atomic E-state index is 0.0767. The van der Waals surface area contributed by atoms with Crippen LogP contribution in [0.15, 0.2) is 12.1 Å². The predicted molar refractivity (Wildman–Crippen MR) is 71.0 cm³/mol. The third-order valence-electron chi connectivity index (χ3n) is 3.65. The Hall–Kier alpha value is -1.06. The van der Waals surface area contributed by atoms with Gasteiger partial charge in [-0.1, -0.05) is 0 Å². The van der Waals surface area contributed by atoms with E-state index < -0.39 is 6.10 Å². The Bertz CT molecular complexity index is 405. The summed E-state index contributed by atoms with van der Waals surface area (Å²) in [7, 11) is 1.67. The zero-order valence-electron chi connectivity index (χ0n) is 11.6. The Kier molecular flexibility index (Phi) is 3.93. The quantitative estimate of drug-likeness (QED) is 0.896. The first kappa shape index (κ1) is 13.4. The Morgan fingerprint density at radius 1 is 1.28 bits per heavy atom. The lowest BCUT2D eigenvalue weighted by atomic mass is 9.97. The third kappa shape index (κ3) is 2.52. The molecule has 0 amide bonds. The van der Waals surface area contributed by atoms with Crippen molar-refractivity contribution in [1.29, 1.82) is 0 Å². The molecule has 1 heterocycles. The smallest absolute Gasteiger partial charge is 0.124 e. The molecule has 0 aliphatic carbocycles.